The van der Waals surface area contributed by atoms with Crippen LogP contribution in [0.15, 0.2) is 125 Å². The van der Waals surface area contributed by atoms with Gasteiger partial charge in [-0.15, -0.1) is 10.2 Å². The molecule has 0 unspecified atom stereocenters. The minimum absolute atomic E-state index is 0.235. The van der Waals surface area contributed by atoms with E-state index in [-0.39, 0.29) is 18.0 Å². The first-order valence-corrected chi connectivity index (χ1v) is 14.5. The molecule has 5 aromatic rings. The molecule has 0 aliphatic heterocycles. The summed E-state index contributed by atoms with van der Waals surface area (Å²) >= 11 is 1.51. The van der Waals surface area contributed by atoms with Crippen LogP contribution in [-0.4, -0.2) is 33.7 Å². The van der Waals surface area contributed by atoms with E-state index >= 15 is 0 Å². The Balaban J connectivity index is 1.49. The van der Waals surface area contributed by atoms with Crippen LogP contribution < -0.4 is 0 Å². The molecule has 186 valence electrons. The summed E-state index contributed by atoms with van der Waals surface area (Å²) in [4.78, 5) is 0.235. The van der Waals surface area contributed by atoms with Crippen LogP contribution in [0.1, 0.15) is 11.1 Å². The summed E-state index contributed by atoms with van der Waals surface area (Å²) in [6, 6.07) is 36.1. The summed E-state index contributed by atoms with van der Waals surface area (Å²) < 4.78 is 31.1. The van der Waals surface area contributed by atoms with Crippen molar-refractivity contribution in [2.45, 2.75) is 23.1 Å². The molecule has 0 amide bonds. The molecule has 0 radical (unpaired) electrons. The van der Waals surface area contributed by atoms with E-state index in [0.717, 1.165) is 27.5 Å². The molecule has 0 N–H and O–H groups in total. The maximum Gasteiger partial charge on any atom is 0.243 e. The van der Waals surface area contributed by atoms with Crippen LogP contribution >= 0.6 is 11.8 Å². The van der Waals surface area contributed by atoms with Crippen molar-refractivity contribution >= 4 is 21.8 Å². The van der Waals surface area contributed by atoms with Gasteiger partial charge in [0.2, 0.25) is 10.0 Å². The minimum atomic E-state index is -3.77. The van der Waals surface area contributed by atoms with Crippen LogP contribution in [0.5, 0.6) is 0 Å². The summed E-state index contributed by atoms with van der Waals surface area (Å²) in [6.07, 6.45) is 1.96. The van der Waals surface area contributed by atoms with Crippen LogP contribution in [0.2, 0.25) is 0 Å². The summed E-state index contributed by atoms with van der Waals surface area (Å²) in [6.45, 7) is 0.554. The molecule has 0 bridgehead atoms. The number of hydrogen-bond acceptors (Lipinski definition) is 5. The molecule has 0 aliphatic carbocycles. The lowest BCUT2D eigenvalue weighted by Gasteiger charge is -2.23. The van der Waals surface area contributed by atoms with Crippen LogP contribution in [0.4, 0.5) is 0 Å². The topological polar surface area (TPSA) is 68.1 Å². The molecule has 0 saturated heterocycles. The zero-order chi connectivity index (χ0) is 25.7. The Kier molecular flexibility index (Phi) is 7.50. The van der Waals surface area contributed by atoms with Gasteiger partial charge in [0.25, 0.3) is 0 Å². The first kappa shape index (κ1) is 25.0. The quantitative estimate of drug-likeness (QED) is 0.219. The van der Waals surface area contributed by atoms with E-state index in [2.05, 4.69) is 10.2 Å². The van der Waals surface area contributed by atoms with Gasteiger partial charge >= 0.3 is 0 Å². The summed E-state index contributed by atoms with van der Waals surface area (Å²) in [5.74, 6) is 0.657. The predicted octanol–water partition coefficient (Wildman–Crippen LogP) is 6.05. The SMILES string of the molecule is CSc1nnc(-c2ccc(S(=O)(=O)N(Cc3ccccc3)Cc3ccccc3)cc2)n1-c1ccccc1. The van der Waals surface area contributed by atoms with Crippen molar-refractivity contribution in [3.05, 3.63) is 126 Å². The number of thioether (sulfide) groups is 1. The maximum atomic E-state index is 13.8. The van der Waals surface area contributed by atoms with Gasteiger partial charge < -0.3 is 0 Å². The number of sulfonamides is 1. The lowest BCUT2D eigenvalue weighted by molar-refractivity contribution is 0.401. The third-order valence-corrected chi connectivity index (χ3v) is 8.42. The molecule has 37 heavy (non-hydrogen) atoms. The first-order chi connectivity index (χ1) is 18.1. The lowest BCUT2D eigenvalue weighted by Crippen LogP contribution is -2.30. The number of aromatic nitrogens is 3. The second-order valence-corrected chi connectivity index (χ2v) is 11.2. The fraction of sp³-hybridized carbons (Fsp3) is 0.103. The van der Waals surface area contributed by atoms with Gasteiger partial charge in [0.05, 0.1) is 4.90 Å². The van der Waals surface area contributed by atoms with Gasteiger partial charge in [-0.1, -0.05) is 90.6 Å². The lowest BCUT2D eigenvalue weighted by atomic mass is 10.2. The van der Waals surface area contributed by atoms with E-state index in [1.165, 1.54) is 16.1 Å². The highest BCUT2D eigenvalue weighted by Gasteiger charge is 2.25. The van der Waals surface area contributed by atoms with Crippen molar-refractivity contribution in [1.82, 2.24) is 19.1 Å². The predicted molar refractivity (Wildman–Crippen MR) is 148 cm³/mol. The van der Waals surface area contributed by atoms with Gasteiger partial charge in [0, 0.05) is 24.3 Å². The summed E-state index contributed by atoms with van der Waals surface area (Å²) in [5, 5.41) is 9.49. The van der Waals surface area contributed by atoms with Crippen molar-refractivity contribution in [2.24, 2.45) is 0 Å². The zero-order valence-electron chi connectivity index (χ0n) is 20.3. The molecule has 1 heterocycles. The molecule has 0 spiro atoms. The average molecular weight is 527 g/mol. The van der Waals surface area contributed by atoms with E-state index in [4.69, 9.17) is 0 Å². The van der Waals surface area contributed by atoms with Crippen LogP contribution in [0.25, 0.3) is 17.1 Å². The van der Waals surface area contributed by atoms with Crippen molar-refractivity contribution in [1.29, 1.82) is 0 Å². The summed E-state index contributed by atoms with van der Waals surface area (Å²) in [7, 11) is -3.77. The molecule has 5 rings (SSSR count). The second kappa shape index (κ2) is 11.1. The van der Waals surface area contributed by atoms with Crippen molar-refractivity contribution < 1.29 is 8.42 Å². The van der Waals surface area contributed by atoms with Crippen molar-refractivity contribution in [2.75, 3.05) is 6.26 Å². The third-order valence-electron chi connectivity index (χ3n) is 5.98. The highest BCUT2D eigenvalue weighted by atomic mass is 32.2. The van der Waals surface area contributed by atoms with Crippen LogP contribution in [-0.2, 0) is 23.1 Å². The fourth-order valence-electron chi connectivity index (χ4n) is 4.12. The highest BCUT2D eigenvalue weighted by molar-refractivity contribution is 7.98. The van der Waals surface area contributed by atoms with Gasteiger partial charge in [-0.3, -0.25) is 4.57 Å². The number of benzene rings is 4. The van der Waals surface area contributed by atoms with Crippen molar-refractivity contribution in [3.63, 3.8) is 0 Å². The Morgan fingerprint density at radius 3 is 1.73 bits per heavy atom. The molecule has 0 saturated carbocycles. The maximum absolute atomic E-state index is 13.8. The smallest absolute Gasteiger partial charge is 0.243 e. The van der Waals surface area contributed by atoms with E-state index in [1.54, 1.807) is 24.3 Å². The second-order valence-electron chi connectivity index (χ2n) is 8.45. The van der Waals surface area contributed by atoms with Crippen LogP contribution in [0.3, 0.4) is 0 Å². The Morgan fingerprint density at radius 1 is 0.703 bits per heavy atom. The number of para-hydroxylation sites is 1. The third kappa shape index (κ3) is 5.51. The molecule has 0 aliphatic rings. The largest absolute Gasteiger partial charge is 0.270 e. The van der Waals surface area contributed by atoms with Gasteiger partial charge in [-0.25, -0.2) is 8.42 Å². The number of nitrogens with zero attached hydrogens (tertiary/aromatic N) is 4. The molecule has 0 fully saturated rings. The molecule has 4 aromatic carbocycles. The van der Waals surface area contributed by atoms with Gasteiger partial charge in [-0.05, 0) is 53.8 Å². The zero-order valence-corrected chi connectivity index (χ0v) is 21.9. The Bertz CT molecular complexity index is 1510. The monoisotopic (exact) mass is 526 g/mol. The van der Waals surface area contributed by atoms with Gasteiger partial charge in [0.15, 0.2) is 11.0 Å². The van der Waals surface area contributed by atoms with E-state index < -0.39 is 10.0 Å². The molecule has 1 aromatic heterocycles. The first-order valence-electron chi connectivity index (χ1n) is 11.8. The highest BCUT2D eigenvalue weighted by Crippen LogP contribution is 2.29. The van der Waals surface area contributed by atoms with Crippen LogP contribution in [0, 0.1) is 0 Å². The van der Waals surface area contributed by atoms with Gasteiger partial charge in [0.1, 0.15) is 0 Å². The molecule has 6 nitrogen and oxygen atoms in total. The Hall–Kier alpha value is -3.72. The van der Waals surface area contributed by atoms with E-state index in [9.17, 15) is 8.42 Å². The molecule has 8 heteroatoms. The molecular weight excluding hydrogens is 500 g/mol. The molecule has 0 atom stereocenters. The average Bonchev–Trinajstić information content (AvgIpc) is 3.39. The van der Waals surface area contributed by atoms with Gasteiger partial charge in [-0.2, -0.15) is 4.31 Å². The van der Waals surface area contributed by atoms with Crippen molar-refractivity contribution in [3.8, 4) is 17.1 Å². The summed E-state index contributed by atoms with van der Waals surface area (Å²) in [5.41, 5.74) is 3.59. The normalized spacial score (nSPS) is 11.6. The Labute approximate surface area is 221 Å². The molecular formula is C29H26N4O2S2. The van der Waals surface area contributed by atoms with E-state index in [1.807, 2.05) is 102 Å². The fourth-order valence-corrected chi connectivity index (χ4v) is 6.04. The minimum Gasteiger partial charge on any atom is -0.270 e. The number of rotatable bonds is 9. The number of hydrogen-bond donors (Lipinski definition) is 0. The standard InChI is InChI=1S/C29H26N4O2S2/c1-36-29-31-30-28(33(29)26-15-9-4-10-16-26)25-17-19-27(20-18-25)37(34,35)32(21-23-11-5-2-6-12-23)22-24-13-7-3-8-14-24/h2-20H,21-22H2,1H3. The Morgan fingerprint density at radius 2 is 1.22 bits per heavy atom. The van der Waals surface area contributed by atoms with E-state index in [0.29, 0.717) is 5.82 Å².